The minimum Gasteiger partial charge on any atom is -0.303 e. The molecule has 14 heavy (non-hydrogen) atoms. The van der Waals surface area contributed by atoms with Gasteiger partial charge in [-0.2, -0.15) is 0 Å². The van der Waals surface area contributed by atoms with Crippen LogP contribution in [0.5, 0.6) is 0 Å². The fourth-order valence-electron chi connectivity index (χ4n) is 1.34. The zero-order chi connectivity index (χ0) is 10.8. The van der Waals surface area contributed by atoms with Crippen LogP contribution in [0.2, 0.25) is 0 Å². The number of benzene rings is 1. The molecule has 0 aliphatic carbocycles. The normalized spacial score (nSPS) is 13.7. The number of carbonyl (C=O) groups excluding carboxylic acids is 1. The summed E-state index contributed by atoms with van der Waals surface area (Å²) in [4.78, 5) is 10.8. The predicted octanol–water partition coefficient (Wildman–Crippen LogP) is 3.48. The van der Waals surface area contributed by atoms with Gasteiger partial charge in [-0.1, -0.05) is 28.1 Å². The van der Waals surface area contributed by atoms with Crippen molar-refractivity contribution in [2.24, 2.45) is 0 Å². The Labute approximate surface area is 91.5 Å². The second-order valence-electron chi connectivity index (χ2n) is 3.73. The third kappa shape index (κ3) is 2.64. The Hall–Kier alpha value is -0.700. The van der Waals surface area contributed by atoms with Crippen LogP contribution in [0.25, 0.3) is 0 Å². The lowest BCUT2D eigenvalue weighted by Gasteiger charge is -2.22. The van der Waals surface area contributed by atoms with Crippen LogP contribution in [-0.4, -0.2) is 12.0 Å². The zero-order valence-corrected chi connectivity index (χ0v) is 9.71. The van der Waals surface area contributed by atoms with Crippen LogP contribution in [-0.2, 0) is 4.79 Å². The Morgan fingerprint density at radius 3 is 2.57 bits per heavy atom. The van der Waals surface area contributed by atoms with Crippen LogP contribution in [0, 0.1) is 0 Å². The summed E-state index contributed by atoms with van der Waals surface area (Å²) < 4.78 is 14.5. The molecule has 0 aromatic heterocycles. The van der Waals surface area contributed by atoms with E-state index in [-0.39, 0.29) is 0 Å². The van der Waals surface area contributed by atoms with Crippen molar-refractivity contribution in [3.8, 4) is 0 Å². The first kappa shape index (κ1) is 11.4. The molecule has 0 spiro atoms. The minimum absolute atomic E-state index is 0.655. The van der Waals surface area contributed by atoms with Gasteiger partial charge in [-0.15, -0.1) is 0 Å². The number of halogens is 2. The van der Waals surface area contributed by atoms with E-state index in [1.165, 1.54) is 13.8 Å². The van der Waals surface area contributed by atoms with Crippen molar-refractivity contribution < 1.29 is 9.18 Å². The van der Waals surface area contributed by atoms with Crippen molar-refractivity contribution in [3.63, 3.8) is 0 Å². The second kappa shape index (κ2) is 4.22. The molecule has 1 unspecified atom stereocenters. The first-order chi connectivity index (χ1) is 6.45. The van der Waals surface area contributed by atoms with E-state index < -0.39 is 11.6 Å². The van der Waals surface area contributed by atoms with E-state index in [1.54, 1.807) is 18.2 Å². The smallest absolute Gasteiger partial charge is 0.130 e. The summed E-state index contributed by atoms with van der Waals surface area (Å²) in [5.41, 5.74) is -0.829. The molecule has 0 saturated carbocycles. The molecule has 1 aromatic rings. The molecule has 0 N–H and O–H groups in total. The zero-order valence-electron chi connectivity index (χ0n) is 8.13. The van der Waals surface area contributed by atoms with Crippen molar-refractivity contribution in [2.45, 2.75) is 25.4 Å². The lowest BCUT2D eigenvalue weighted by atomic mass is 9.87. The Kier molecular flexibility index (Phi) is 3.43. The number of rotatable bonds is 3. The lowest BCUT2D eigenvalue weighted by molar-refractivity contribution is -0.111. The van der Waals surface area contributed by atoms with E-state index in [2.05, 4.69) is 15.9 Å². The van der Waals surface area contributed by atoms with Crippen LogP contribution in [0.1, 0.15) is 25.3 Å². The highest BCUT2D eigenvalue weighted by atomic mass is 79.9. The summed E-state index contributed by atoms with van der Waals surface area (Å²) in [5.74, 6) is -0.708. The van der Waals surface area contributed by atoms with Crippen molar-refractivity contribution in [3.05, 3.63) is 34.3 Å². The molecule has 0 bridgehead atoms. The summed E-state index contributed by atoms with van der Waals surface area (Å²) >= 11 is 3.29. The fraction of sp³-hybridized carbons (Fsp3) is 0.364. The average Bonchev–Trinajstić information content (AvgIpc) is 2.02. The topological polar surface area (TPSA) is 17.1 Å². The molecule has 0 radical (unpaired) electrons. The van der Waals surface area contributed by atoms with Gasteiger partial charge in [-0.05, 0) is 31.5 Å². The third-order valence-corrected chi connectivity index (χ3v) is 2.58. The lowest BCUT2D eigenvalue weighted by Crippen LogP contribution is -2.24. The number of hydrogen-bond donors (Lipinski definition) is 0. The highest BCUT2D eigenvalue weighted by Crippen LogP contribution is 2.30. The highest BCUT2D eigenvalue weighted by Gasteiger charge is 2.30. The minimum atomic E-state index is -1.53. The number of carbonyl (C=O) groups is 1. The molecule has 0 aliphatic rings. The molecule has 0 heterocycles. The van der Waals surface area contributed by atoms with Gasteiger partial charge in [0.05, 0.1) is 5.92 Å². The van der Waals surface area contributed by atoms with Gasteiger partial charge < -0.3 is 4.79 Å². The Bertz CT molecular complexity index is 330. The van der Waals surface area contributed by atoms with Gasteiger partial charge in [0.1, 0.15) is 12.0 Å². The Morgan fingerprint density at radius 2 is 2.14 bits per heavy atom. The molecule has 1 nitrogen and oxygen atoms in total. The molecule has 0 aliphatic heterocycles. The molecule has 1 aromatic carbocycles. The maximum atomic E-state index is 13.6. The van der Waals surface area contributed by atoms with Crippen LogP contribution in [0.3, 0.4) is 0 Å². The predicted molar refractivity (Wildman–Crippen MR) is 58.1 cm³/mol. The molecular weight excluding hydrogens is 247 g/mol. The van der Waals surface area contributed by atoms with Crippen molar-refractivity contribution in [2.75, 3.05) is 0 Å². The van der Waals surface area contributed by atoms with Crippen molar-refractivity contribution >= 4 is 22.2 Å². The van der Waals surface area contributed by atoms with Gasteiger partial charge >= 0.3 is 0 Å². The van der Waals surface area contributed by atoms with Gasteiger partial charge in [-0.25, -0.2) is 4.39 Å². The molecule has 0 saturated heterocycles. The molecule has 1 rings (SSSR count). The molecule has 0 amide bonds. The van der Waals surface area contributed by atoms with Gasteiger partial charge in [0.15, 0.2) is 0 Å². The quantitative estimate of drug-likeness (QED) is 0.759. The van der Waals surface area contributed by atoms with Gasteiger partial charge in [0, 0.05) is 4.47 Å². The summed E-state index contributed by atoms with van der Waals surface area (Å²) in [6.07, 6.45) is 0.655. The molecule has 76 valence electrons. The molecular formula is C11H12BrFO. The van der Waals surface area contributed by atoms with Gasteiger partial charge in [0.2, 0.25) is 0 Å². The summed E-state index contributed by atoms with van der Waals surface area (Å²) in [5, 5.41) is 0. The maximum Gasteiger partial charge on any atom is 0.130 e. The van der Waals surface area contributed by atoms with E-state index in [0.29, 0.717) is 11.8 Å². The standard InChI is InChI=1S/C11H12BrFO/c1-11(2,13)10(7-14)8-4-3-5-9(12)6-8/h3-7,10H,1-2H3. The fourth-order valence-corrected chi connectivity index (χ4v) is 1.75. The summed E-state index contributed by atoms with van der Waals surface area (Å²) in [6.45, 7) is 2.82. The maximum absolute atomic E-state index is 13.6. The first-order valence-corrected chi connectivity index (χ1v) is 5.14. The van der Waals surface area contributed by atoms with Crippen molar-refractivity contribution in [1.29, 1.82) is 0 Å². The van der Waals surface area contributed by atoms with E-state index in [1.807, 2.05) is 6.07 Å². The van der Waals surface area contributed by atoms with Crippen LogP contribution in [0.4, 0.5) is 4.39 Å². The van der Waals surface area contributed by atoms with E-state index in [4.69, 9.17) is 0 Å². The van der Waals surface area contributed by atoms with E-state index in [0.717, 1.165) is 4.47 Å². The Balaban J connectivity index is 3.07. The number of hydrogen-bond acceptors (Lipinski definition) is 1. The van der Waals surface area contributed by atoms with E-state index >= 15 is 0 Å². The Morgan fingerprint density at radius 1 is 1.50 bits per heavy atom. The molecule has 0 fully saturated rings. The average molecular weight is 259 g/mol. The van der Waals surface area contributed by atoms with Gasteiger partial charge in [0.25, 0.3) is 0 Å². The monoisotopic (exact) mass is 258 g/mol. The highest BCUT2D eigenvalue weighted by molar-refractivity contribution is 9.10. The number of alkyl halides is 1. The number of aldehydes is 1. The summed E-state index contributed by atoms with van der Waals surface area (Å²) in [7, 11) is 0. The second-order valence-corrected chi connectivity index (χ2v) is 4.65. The largest absolute Gasteiger partial charge is 0.303 e. The molecule has 3 heteroatoms. The first-order valence-electron chi connectivity index (χ1n) is 4.35. The SMILES string of the molecule is CC(C)(F)C(C=O)c1cccc(Br)c1. The molecule has 1 atom stereocenters. The van der Waals surface area contributed by atoms with Crippen LogP contribution < -0.4 is 0 Å². The van der Waals surface area contributed by atoms with Crippen molar-refractivity contribution in [1.82, 2.24) is 0 Å². The third-order valence-electron chi connectivity index (χ3n) is 2.08. The van der Waals surface area contributed by atoms with Gasteiger partial charge in [-0.3, -0.25) is 0 Å². The summed E-state index contributed by atoms with van der Waals surface area (Å²) in [6, 6.07) is 7.16. The van der Waals surface area contributed by atoms with Crippen LogP contribution >= 0.6 is 15.9 Å². The van der Waals surface area contributed by atoms with Crippen LogP contribution in [0.15, 0.2) is 28.7 Å². The van der Waals surface area contributed by atoms with E-state index in [9.17, 15) is 9.18 Å².